The van der Waals surface area contributed by atoms with Gasteiger partial charge in [-0.3, -0.25) is 4.79 Å². The summed E-state index contributed by atoms with van der Waals surface area (Å²) in [5, 5.41) is 3.66. The van der Waals surface area contributed by atoms with Gasteiger partial charge in [-0.2, -0.15) is 4.72 Å². The number of sulfonamides is 1. The van der Waals surface area contributed by atoms with Crippen LogP contribution in [0.15, 0.2) is 47.4 Å². The van der Waals surface area contributed by atoms with E-state index in [0.717, 1.165) is 5.56 Å². The summed E-state index contributed by atoms with van der Waals surface area (Å²) in [6.45, 7) is 3.26. The normalized spacial score (nSPS) is 12.7. The van der Waals surface area contributed by atoms with Gasteiger partial charge in [0.25, 0.3) is 0 Å². The number of anilines is 1. The zero-order valence-corrected chi connectivity index (χ0v) is 15.3. The third-order valence-electron chi connectivity index (χ3n) is 3.30. The first kappa shape index (κ1) is 18.7. The molecule has 0 aliphatic carbocycles. The number of nitrogens with one attached hydrogen (secondary N) is 2. The lowest BCUT2D eigenvalue weighted by molar-refractivity contribution is -0.117. The second-order valence-corrected chi connectivity index (χ2v) is 7.83. The maximum Gasteiger partial charge on any atom is 0.242 e. The second-order valence-electron chi connectivity index (χ2n) is 5.25. The number of rotatable bonds is 5. The van der Waals surface area contributed by atoms with Gasteiger partial charge in [0.1, 0.15) is 0 Å². The van der Waals surface area contributed by atoms with Crippen molar-refractivity contribution >= 4 is 44.8 Å². The third-order valence-corrected chi connectivity index (χ3v) is 5.34. The van der Waals surface area contributed by atoms with Gasteiger partial charge in [-0.25, -0.2) is 8.42 Å². The number of amides is 1. The molecule has 0 saturated carbocycles. The molecule has 2 aromatic rings. The lowest BCUT2D eigenvalue weighted by Crippen LogP contribution is -2.41. The van der Waals surface area contributed by atoms with Crippen molar-refractivity contribution in [1.29, 1.82) is 0 Å². The molecule has 1 atom stereocenters. The Bertz CT molecular complexity index is 852. The highest BCUT2D eigenvalue weighted by Crippen LogP contribution is 2.20. The van der Waals surface area contributed by atoms with E-state index < -0.39 is 22.0 Å². The van der Waals surface area contributed by atoms with Crippen LogP contribution >= 0.6 is 23.2 Å². The van der Waals surface area contributed by atoms with E-state index >= 15 is 0 Å². The molecule has 8 heteroatoms. The number of benzene rings is 2. The summed E-state index contributed by atoms with van der Waals surface area (Å²) < 4.78 is 26.9. The third kappa shape index (κ3) is 4.70. The number of aryl methyl sites for hydroxylation is 1. The molecule has 0 fully saturated rings. The quantitative estimate of drug-likeness (QED) is 0.823. The summed E-state index contributed by atoms with van der Waals surface area (Å²) in [4.78, 5) is 12.3. The molecule has 2 N–H and O–H groups in total. The van der Waals surface area contributed by atoms with Crippen molar-refractivity contribution < 1.29 is 13.2 Å². The van der Waals surface area contributed by atoms with E-state index in [-0.39, 0.29) is 4.90 Å². The molecule has 0 bridgehead atoms. The first-order valence-electron chi connectivity index (χ1n) is 7.04. The van der Waals surface area contributed by atoms with E-state index in [2.05, 4.69) is 10.0 Å². The summed E-state index contributed by atoms with van der Waals surface area (Å²) in [6.07, 6.45) is 0. The molecule has 0 radical (unpaired) electrons. The number of hydrogen-bond acceptors (Lipinski definition) is 3. The summed E-state index contributed by atoms with van der Waals surface area (Å²) in [6, 6.07) is 9.75. The van der Waals surface area contributed by atoms with Crippen molar-refractivity contribution in [2.75, 3.05) is 5.32 Å². The van der Waals surface area contributed by atoms with Gasteiger partial charge in [-0.05, 0) is 61.9 Å². The number of halogens is 2. The van der Waals surface area contributed by atoms with Gasteiger partial charge in [0.15, 0.2) is 0 Å². The summed E-state index contributed by atoms with van der Waals surface area (Å²) >= 11 is 11.6. The van der Waals surface area contributed by atoms with Crippen LogP contribution < -0.4 is 10.0 Å². The smallest absolute Gasteiger partial charge is 0.242 e. The average molecular weight is 387 g/mol. The number of carbonyl (C=O) groups is 1. The van der Waals surface area contributed by atoms with Crippen molar-refractivity contribution in [2.45, 2.75) is 24.8 Å². The molecule has 1 amide bonds. The van der Waals surface area contributed by atoms with E-state index in [1.165, 1.54) is 31.2 Å². The Labute approximate surface area is 151 Å². The minimum Gasteiger partial charge on any atom is -0.324 e. The van der Waals surface area contributed by atoms with Crippen LogP contribution in [-0.2, 0) is 14.8 Å². The van der Waals surface area contributed by atoms with Gasteiger partial charge in [-0.1, -0.05) is 23.2 Å². The molecular formula is C16H16Cl2N2O3S. The Kier molecular flexibility index (Phi) is 5.87. The highest BCUT2D eigenvalue weighted by atomic mass is 35.5. The molecule has 0 spiro atoms. The summed E-state index contributed by atoms with van der Waals surface area (Å²) in [5.41, 5.74) is 1.35. The van der Waals surface area contributed by atoms with Crippen LogP contribution in [0.1, 0.15) is 12.5 Å². The van der Waals surface area contributed by atoms with Crippen LogP contribution in [0.5, 0.6) is 0 Å². The zero-order chi connectivity index (χ0) is 17.9. The zero-order valence-electron chi connectivity index (χ0n) is 13.0. The highest BCUT2D eigenvalue weighted by Gasteiger charge is 2.22. The van der Waals surface area contributed by atoms with Crippen LogP contribution in [0.3, 0.4) is 0 Å². The molecule has 2 aromatic carbocycles. The van der Waals surface area contributed by atoms with Gasteiger partial charge in [0.05, 0.1) is 10.9 Å². The molecule has 0 unspecified atom stereocenters. The van der Waals surface area contributed by atoms with Crippen molar-refractivity contribution in [1.82, 2.24) is 4.72 Å². The SMILES string of the molecule is Cc1cc(Cl)ccc1NC(=O)[C@H](C)NS(=O)(=O)c1ccc(Cl)cc1. The van der Waals surface area contributed by atoms with Gasteiger partial charge >= 0.3 is 0 Å². The van der Waals surface area contributed by atoms with E-state index in [9.17, 15) is 13.2 Å². The number of hydrogen-bond donors (Lipinski definition) is 2. The predicted octanol–water partition coefficient (Wildman–Crippen LogP) is 3.61. The number of carbonyl (C=O) groups excluding carboxylic acids is 1. The molecule has 128 valence electrons. The van der Waals surface area contributed by atoms with Crippen molar-refractivity contribution in [2.24, 2.45) is 0 Å². The standard InChI is InChI=1S/C16H16Cl2N2O3S/c1-10-9-13(18)5-8-15(10)19-16(21)11(2)20-24(22,23)14-6-3-12(17)4-7-14/h3-9,11,20H,1-2H3,(H,19,21)/t11-/m0/s1. The van der Waals surface area contributed by atoms with Gasteiger partial charge in [0.2, 0.25) is 15.9 Å². The van der Waals surface area contributed by atoms with E-state index in [1.807, 2.05) is 0 Å². The van der Waals surface area contributed by atoms with Crippen LogP contribution in [0.4, 0.5) is 5.69 Å². The van der Waals surface area contributed by atoms with E-state index in [4.69, 9.17) is 23.2 Å². The highest BCUT2D eigenvalue weighted by molar-refractivity contribution is 7.89. The van der Waals surface area contributed by atoms with Crippen LogP contribution in [-0.4, -0.2) is 20.4 Å². The van der Waals surface area contributed by atoms with Crippen LogP contribution in [0.25, 0.3) is 0 Å². The van der Waals surface area contributed by atoms with E-state index in [1.54, 1.807) is 25.1 Å². The predicted molar refractivity (Wildman–Crippen MR) is 96.1 cm³/mol. The Morgan fingerprint density at radius 1 is 1.04 bits per heavy atom. The minimum absolute atomic E-state index is 0.0363. The molecule has 0 heterocycles. The molecule has 0 aliphatic rings. The molecule has 0 aliphatic heterocycles. The average Bonchev–Trinajstić information content (AvgIpc) is 2.50. The molecule has 0 saturated heterocycles. The van der Waals surface area contributed by atoms with Crippen molar-refractivity contribution in [3.8, 4) is 0 Å². The fraction of sp³-hybridized carbons (Fsp3) is 0.188. The lowest BCUT2D eigenvalue weighted by atomic mass is 10.2. The molecule has 24 heavy (non-hydrogen) atoms. The first-order valence-corrected chi connectivity index (χ1v) is 9.28. The van der Waals surface area contributed by atoms with Crippen molar-refractivity contribution in [3.05, 3.63) is 58.1 Å². The molecule has 2 rings (SSSR count). The Balaban J connectivity index is 2.09. The topological polar surface area (TPSA) is 75.3 Å². The minimum atomic E-state index is -3.82. The van der Waals surface area contributed by atoms with Gasteiger partial charge in [-0.15, -0.1) is 0 Å². The largest absolute Gasteiger partial charge is 0.324 e. The van der Waals surface area contributed by atoms with Gasteiger partial charge in [0, 0.05) is 15.7 Å². The molecule has 5 nitrogen and oxygen atoms in total. The molecular weight excluding hydrogens is 371 g/mol. The summed E-state index contributed by atoms with van der Waals surface area (Å²) in [7, 11) is -3.82. The lowest BCUT2D eigenvalue weighted by Gasteiger charge is -2.15. The Morgan fingerprint density at radius 3 is 2.21 bits per heavy atom. The van der Waals surface area contributed by atoms with Crippen molar-refractivity contribution in [3.63, 3.8) is 0 Å². The van der Waals surface area contributed by atoms with E-state index in [0.29, 0.717) is 15.7 Å². The van der Waals surface area contributed by atoms with Gasteiger partial charge < -0.3 is 5.32 Å². The second kappa shape index (κ2) is 7.53. The molecule has 0 aromatic heterocycles. The van der Waals surface area contributed by atoms with Crippen LogP contribution in [0, 0.1) is 6.92 Å². The Hall–Kier alpha value is -1.60. The fourth-order valence-corrected chi connectivity index (χ4v) is 3.53. The maximum atomic E-state index is 12.3. The van der Waals surface area contributed by atoms with Crippen LogP contribution in [0.2, 0.25) is 10.0 Å². The first-order chi connectivity index (χ1) is 11.2. The Morgan fingerprint density at radius 2 is 1.62 bits per heavy atom. The fourth-order valence-electron chi connectivity index (χ4n) is 1.98. The summed E-state index contributed by atoms with van der Waals surface area (Å²) in [5.74, 6) is -0.474. The monoisotopic (exact) mass is 386 g/mol. The maximum absolute atomic E-state index is 12.3.